The summed E-state index contributed by atoms with van der Waals surface area (Å²) in [5.74, 6) is -2.12. The number of carboxylic acid groups (broad SMARTS) is 2. The molecule has 0 unspecified atom stereocenters. The zero-order valence-corrected chi connectivity index (χ0v) is 32.1. The predicted octanol–water partition coefficient (Wildman–Crippen LogP) is 11.4. The van der Waals surface area contributed by atoms with Gasteiger partial charge in [0.05, 0.1) is 56.6 Å². The van der Waals surface area contributed by atoms with E-state index in [0.29, 0.717) is 34.1 Å². The van der Waals surface area contributed by atoms with E-state index in [0.717, 1.165) is 12.1 Å². The van der Waals surface area contributed by atoms with Crippen molar-refractivity contribution in [3.63, 3.8) is 0 Å². The first kappa shape index (κ1) is 41.8. The zero-order chi connectivity index (χ0) is 42.9. The molecule has 0 aromatic heterocycles. The number of nitrogens with zero attached hydrogens (tertiary/aromatic N) is 8. The summed E-state index contributed by atoms with van der Waals surface area (Å²) in [6.07, 6.45) is 2.46. The fourth-order valence-electron chi connectivity index (χ4n) is 5.05. The summed E-state index contributed by atoms with van der Waals surface area (Å²) in [7, 11) is -9.63. The van der Waals surface area contributed by atoms with Crippen LogP contribution in [0.25, 0.3) is 12.2 Å². The van der Waals surface area contributed by atoms with Gasteiger partial charge in [0.15, 0.2) is 0 Å². The van der Waals surface area contributed by atoms with Crippen LogP contribution in [0.15, 0.2) is 184 Å². The number of azo groups is 4. The van der Waals surface area contributed by atoms with E-state index < -0.39 is 42.0 Å². The largest absolute Gasteiger partial charge is 0.478 e. The lowest BCUT2D eigenvalue weighted by molar-refractivity contribution is 0.0686. The maximum atomic E-state index is 12.4. The quantitative estimate of drug-likeness (QED) is 0.0457. The van der Waals surface area contributed by atoms with E-state index in [4.69, 9.17) is 10.2 Å². The summed E-state index contributed by atoms with van der Waals surface area (Å²) < 4.78 is 69.4. The molecule has 0 amide bonds. The molecule has 300 valence electrons. The maximum absolute atomic E-state index is 12.4. The van der Waals surface area contributed by atoms with Gasteiger partial charge in [-0.25, -0.2) is 9.59 Å². The molecule has 18 nitrogen and oxygen atoms in total. The second-order valence-electron chi connectivity index (χ2n) is 12.3. The Bertz CT molecular complexity index is 2750. The molecule has 4 N–H and O–H groups in total. The summed E-state index contributed by atoms with van der Waals surface area (Å²) in [5.41, 5.74) is 2.85. The molecule has 0 bridgehead atoms. The van der Waals surface area contributed by atoms with E-state index in [2.05, 4.69) is 40.9 Å². The van der Waals surface area contributed by atoms with Crippen LogP contribution in [0.2, 0.25) is 0 Å². The lowest BCUT2D eigenvalue weighted by Gasteiger charge is -2.06. The summed E-state index contributed by atoms with van der Waals surface area (Å²) in [6, 6.07) is 32.0. The van der Waals surface area contributed by atoms with Crippen molar-refractivity contribution in [2.45, 2.75) is 9.79 Å². The summed E-state index contributed by atoms with van der Waals surface area (Å²) in [5, 5.41) is 50.6. The van der Waals surface area contributed by atoms with Crippen molar-refractivity contribution >= 4 is 89.8 Å². The van der Waals surface area contributed by atoms with Crippen molar-refractivity contribution in [2.24, 2.45) is 40.9 Å². The molecule has 20 heteroatoms. The molecule has 0 radical (unpaired) electrons. The van der Waals surface area contributed by atoms with Gasteiger partial charge in [-0.2, -0.15) is 57.7 Å². The Labute approximate surface area is 340 Å². The minimum Gasteiger partial charge on any atom is -0.478 e. The van der Waals surface area contributed by atoms with Crippen LogP contribution < -0.4 is 0 Å². The molecule has 0 aliphatic rings. The number of aromatic carboxylic acids is 2. The van der Waals surface area contributed by atoms with Crippen LogP contribution >= 0.6 is 0 Å². The van der Waals surface area contributed by atoms with Crippen LogP contribution in [0, 0.1) is 0 Å². The van der Waals surface area contributed by atoms with E-state index in [1.807, 2.05) is 0 Å². The molecule has 0 aliphatic heterocycles. The molecule has 0 atom stereocenters. The van der Waals surface area contributed by atoms with E-state index >= 15 is 0 Å². The number of hydrogen-bond acceptors (Lipinski definition) is 14. The van der Waals surface area contributed by atoms with Crippen LogP contribution in [0.3, 0.4) is 0 Å². The van der Waals surface area contributed by atoms with Gasteiger partial charge < -0.3 is 10.2 Å². The van der Waals surface area contributed by atoms with Gasteiger partial charge in [-0.15, -0.1) is 0 Å². The predicted molar refractivity (Wildman–Crippen MR) is 218 cm³/mol. The third-order valence-corrected chi connectivity index (χ3v) is 9.86. The van der Waals surface area contributed by atoms with Crippen molar-refractivity contribution in [3.05, 3.63) is 156 Å². The summed E-state index contributed by atoms with van der Waals surface area (Å²) in [6.45, 7) is 0. The van der Waals surface area contributed by atoms with Gasteiger partial charge in [-0.05, 0) is 132 Å². The van der Waals surface area contributed by atoms with Crippen molar-refractivity contribution < 1.29 is 45.7 Å². The Kier molecular flexibility index (Phi) is 12.7. The Morgan fingerprint density at radius 3 is 0.817 bits per heavy atom. The Morgan fingerprint density at radius 1 is 0.367 bits per heavy atom. The summed E-state index contributed by atoms with van der Waals surface area (Å²) in [4.78, 5) is 20.9. The second-order valence-corrected chi connectivity index (χ2v) is 15.0. The second kappa shape index (κ2) is 18.2. The molecule has 0 spiro atoms. The average molecular weight is 845 g/mol. The SMILES string of the molecule is O=C(O)c1ccc(N=Nc2ccc(N=Nc3ccc(C=Cc4ccc(N=Nc5ccc(N=Nc6ccc(C(=O)O)cc6)cc5)cc4S(=O)(=O)O)c(S(=O)(=O)O)c3)cc2)cc1. The van der Waals surface area contributed by atoms with Gasteiger partial charge in [0.2, 0.25) is 0 Å². The molecule has 0 saturated carbocycles. The van der Waals surface area contributed by atoms with E-state index in [1.165, 1.54) is 84.9 Å². The highest BCUT2D eigenvalue weighted by Gasteiger charge is 2.18. The maximum Gasteiger partial charge on any atom is 0.335 e. The van der Waals surface area contributed by atoms with Crippen molar-refractivity contribution in [1.82, 2.24) is 0 Å². The highest BCUT2D eigenvalue weighted by Crippen LogP contribution is 2.30. The first-order valence-corrected chi connectivity index (χ1v) is 19.9. The normalized spacial score (nSPS) is 12.4. The van der Waals surface area contributed by atoms with Crippen molar-refractivity contribution in [2.75, 3.05) is 0 Å². The highest BCUT2D eigenvalue weighted by atomic mass is 32.2. The number of carbonyl (C=O) groups is 2. The monoisotopic (exact) mass is 844 g/mol. The third-order valence-electron chi connectivity index (χ3n) is 8.04. The molecule has 0 heterocycles. The van der Waals surface area contributed by atoms with Crippen LogP contribution in [-0.2, 0) is 20.2 Å². The molecule has 6 aromatic carbocycles. The molecular weight excluding hydrogens is 817 g/mol. The lowest BCUT2D eigenvalue weighted by atomic mass is 10.1. The van der Waals surface area contributed by atoms with E-state index in [1.54, 1.807) is 48.5 Å². The zero-order valence-electron chi connectivity index (χ0n) is 30.5. The lowest BCUT2D eigenvalue weighted by Crippen LogP contribution is -2.01. The first-order chi connectivity index (χ1) is 28.6. The number of benzene rings is 6. The molecular formula is C40H28N8O10S2. The van der Waals surface area contributed by atoms with E-state index in [9.17, 15) is 35.5 Å². The number of rotatable bonds is 14. The number of carboxylic acids is 2. The van der Waals surface area contributed by atoms with Crippen LogP contribution in [0.1, 0.15) is 31.8 Å². The smallest absolute Gasteiger partial charge is 0.335 e. The van der Waals surface area contributed by atoms with Crippen LogP contribution in [-0.4, -0.2) is 48.1 Å². The third kappa shape index (κ3) is 11.4. The Balaban J connectivity index is 1.14. The topological polar surface area (TPSA) is 282 Å². The fourth-order valence-corrected chi connectivity index (χ4v) is 6.45. The van der Waals surface area contributed by atoms with Crippen molar-refractivity contribution in [1.29, 1.82) is 0 Å². The number of hydrogen-bond donors (Lipinski definition) is 4. The van der Waals surface area contributed by atoms with Gasteiger partial charge in [0, 0.05) is 0 Å². The molecule has 0 aliphatic carbocycles. The Morgan fingerprint density at radius 2 is 0.583 bits per heavy atom. The standard InChI is InChI=1S/C40H28N8O10S2/c49-39(50)27-5-9-29(10-6-27)41-43-31-15-19-33(20-16-31)45-47-35-13-3-25(37(23-35)59(53,54)55)1-2-26-4-14-36(24-38(26)60(56,57)58)48-46-34-21-17-32(18-22-34)44-42-30-11-7-28(8-12-30)40(51)52/h1-24H,(H,49,50)(H,51,52)(H,53,54,55)(H,56,57,58). The fraction of sp³-hybridized carbons (Fsp3) is 0. The van der Waals surface area contributed by atoms with Crippen LogP contribution in [0.4, 0.5) is 45.5 Å². The van der Waals surface area contributed by atoms with E-state index in [-0.39, 0.29) is 33.6 Å². The minimum atomic E-state index is -4.82. The molecule has 6 aromatic rings. The summed E-state index contributed by atoms with van der Waals surface area (Å²) >= 11 is 0. The van der Waals surface area contributed by atoms with Gasteiger partial charge in [-0.1, -0.05) is 24.3 Å². The highest BCUT2D eigenvalue weighted by molar-refractivity contribution is 7.86. The first-order valence-electron chi connectivity index (χ1n) is 17.1. The van der Waals surface area contributed by atoms with Crippen LogP contribution in [0.5, 0.6) is 0 Å². The van der Waals surface area contributed by atoms with Gasteiger partial charge in [0.1, 0.15) is 9.79 Å². The van der Waals surface area contributed by atoms with Gasteiger partial charge in [0.25, 0.3) is 20.2 Å². The molecule has 0 fully saturated rings. The molecule has 60 heavy (non-hydrogen) atoms. The Hall–Kier alpha value is -7.78. The molecule has 6 rings (SSSR count). The van der Waals surface area contributed by atoms with Gasteiger partial charge in [-0.3, -0.25) is 9.11 Å². The average Bonchev–Trinajstić information content (AvgIpc) is 3.23. The minimum absolute atomic E-state index is 0.0344. The van der Waals surface area contributed by atoms with Crippen molar-refractivity contribution in [3.8, 4) is 0 Å². The van der Waals surface area contributed by atoms with Gasteiger partial charge >= 0.3 is 11.9 Å². The molecule has 0 saturated heterocycles.